The third-order valence-electron chi connectivity index (χ3n) is 2.68. The van der Waals surface area contributed by atoms with E-state index in [2.05, 4.69) is 21.2 Å². The molecule has 0 aliphatic rings. The minimum atomic E-state index is -1.13. The van der Waals surface area contributed by atoms with E-state index >= 15 is 0 Å². The van der Waals surface area contributed by atoms with Crippen LogP contribution >= 0.6 is 15.9 Å². The second-order valence-electron chi connectivity index (χ2n) is 4.16. The Morgan fingerprint density at radius 2 is 1.71 bits per heavy atom. The molecule has 0 bridgehead atoms. The van der Waals surface area contributed by atoms with E-state index in [1.807, 2.05) is 0 Å². The molecule has 4 N–H and O–H groups in total. The summed E-state index contributed by atoms with van der Waals surface area (Å²) >= 11 is 3.10. The van der Waals surface area contributed by atoms with Crippen LogP contribution in [-0.4, -0.2) is 27.2 Å². The molecule has 0 unspecified atom stereocenters. The van der Waals surface area contributed by atoms with Crippen molar-refractivity contribution in [1.29, 1.82) is 0 Å². The highest BCUT2D eigenvalue weighted by molar-refractivity contribution is 9.10. The normalized spacial score (nSPS) is 10.1. The van der Waals surface area contributed by atoms with E-state index in [0.29, 0.717) is 4.47 Å². The van der Waals surface area contributed by atoms with Gasteiger partial charge in [-0.3, -0.25) is 4.79 Å². The van der Waals surface area contributed by atoms with Gasteiger partial charge >= 0.3 is 5.97 Å². The highest BCUT2D eigenvalue weighted by Gasteiger charge is 2.14. The molecule has 2 rings (SSSR count). The van der Waals surface area contributed by atoms with Gasteiger partial charge in [-0.15, -0.1) is 0 Å². The largest absolute Gasteiger partial charge is 0.508 e. The van der Waals surface area contributed by atoms with Crippen molar-refractivity contribution >= 4 is 33.5 Å². The predicted octanol–water partition coefficient (Wildman–Crippen LogP) is 2.81. The highest BCUT2D eigenvalue weighted by atomic mass is 79.9. The lowest BCUT2D eigenvalue weighted by Crippen LogP contribution is -2.12. The summed E-state index contributed by atoms with van der Waals surface area (Å²) in [6.45, 7) is 0. The minimum absolute atomic E-state index is 0.00253. The maximum absolute atomic E-state index is 12.0. The third kappa shape index (κ3) is 3.32. The number of carboxylic acid groups (broad SMARTS) is 1. The molecule has 0 aliphatic heterocycles. The van der Waals surface area contributed by atoms with Crippen molar-refractivity contribution in [2.45, 2.75) is 0 Å². The molecule has 0 radical (unpaired) electrons. The molecule has 2 aromatic carbocycles. The summed E-state index contributed by atoms with van der Waals surface area (Å²) in [5.41, 5.74) is 0.239. The average molecular weight is 352 g/mol. The van der Waals surface area contributed by atoms with Crippen LogP contribution in [0.3, 0.4) is 0 Å². The minimum Gasteiger partial charge on any atom is -0.508 e. The number of phenols is 2. The summed E-state index contributed by atoms with van der Waals surface area (Å²) in [6, 6.07) is 7.87. The predicted molar refractivity (Wildman–Crippen MR) is 78.8 cm³/mol. The first-order chi connectivity index (χ1) is 9.88. The fourth-order valence-electron chi connectivity index (χ4n) is 1.68. The number of hydrogen-bond donors (Lipinski definition) is 4. The number of amides is 1. The van der Waals surface area contributed by atoms with Crippen molar-refractivity contribution in [3.63, 3.8) is 0 Å². The van der Waals surface area contributed by atoms with Gasteiger partial charge in [0, 0.05) is 16.2 Å². The average Bonchev–Trinajstić information content (AvgIpc) is 2.40. The van der Waals surface area contributed by atoms with Gasteiger partial charge in [-0.05, 0) is 46.3 Å². The number of aromatic hydroxyl groups is 2. The smallest absolute Gasteiger partial charge is 0.336 e. The molecule has 0 aliphatic carbocycles. The van der Waals surface area contributed by atoms with Gasteiger partial charge in [-0.1, -0.05) is 0 Å². The zero-order valence-electron chi connectivity index (χ0n) is 10.5. The molecular weight excluding hydrogens is 342 g/mol. The molecule has 108 valence electrons. The lowest BCUT2D eigenvalue weighted by Gasteiger charge is -2.08. The second kappa shape index (κ2) is 5.84. The van der Waals surface area contributed by atoms with Gasteiger partial charge in [0.2, 0.25) is 0 Å². The molecular formula is C14H10BrNO5. The number of carboxylic acids is 1. The molecule has 21 heavy (non-hydrogen) atoms. The van der Waals surface area contributed by atoms with Crippen molar-refractivity contribution < 1.29 is 24.9 Å². The van der Waals surface area contributed by atoms with E-state index in [4.69, 9.17) is 5.11 Å². The second-order valence-corrected chi connectivity index (χ2v) is 5.01. The Balaban J connectivity index is 2.27. The van der Waals surface area contributed by atoms with E-state index in [1.54, 1.807) is 0 Å². The fraction of sp³-hybridized carbons (Fsp3) is 0. The van der Waals surface area contributed by atoms with Crippen molar-refractivity contribution in [3.05, 3.63) is 52.0 Å². The van der Waals surface area contributed by atoms with Crippen molar-refractivity contribution in [3.8, 4) is 11.5 Å². The molecule has 0 fully saturated rings. The van der Waals surface area contributed by atoms with Crippen LogP contribution in [0.25, 0.3) is 0 Å². The molecule has 0 aromatic heterocycles. The molecule has 1 amide bonds. The van der Waals surface area contributed by atoms with Gasteiger partial charge in [0.1, 0.15) is 11.5 Å². The Kier molecular flexibility index (Phi) is 4.13. The SMILES string of the molecule is O=C(Nc1ccc(Br)c(C(=O)O)c1)c1ccc(O)cc1O. The van der Waals surface area contributed by atoms with Gasteiger partial charge in [0.25, 0.3) is 5.91 Å². The first-order valence-corrected chi connectivity index (χ1v) is 6.54. The van der Waals surface area contributed by atoms with Crippen LogP contribution < -0.4 is 5.32 Å². The van der Waals surface area contributed by atoms with Gasteiger partial charge in [-0.2, -0.15) is 0 Å². The maximum atomic E-state index is 12.0. The Morgan fingerprint density at radius 3 is 2.33 bits per heavy atom. The first-order valence-electron chi connectivity index (χ1n) is 5.74. The van der Waals surface area contributed by atoms with Gasteiger partial charge in [0.05, 0.1) is 11.1 Å². The zero-order valence-corrected chi connectivity index (χ0v) is 12.1. The summed E-state index contributed by atoms with van der Waals surface area (Å²) in [7, 11) is 0. The van der Waals surface area contributed by atoms with Crippen molar-refractivity contribution in [2.24, 2.45) is 0 Å². The number of phenolic OH excluding ortho intramolecular Hbond substituents is 2. The van der Waals surface area contributed by atoms with Crippen LogP contribution in [0.15, 0.2) is 40.9 Å². The number of halogens is 1. The summed E-state index contributed by atoms with van der Waals surface area (Å²) in [6.07, 6.45) is 0. The number of benzene rings is 2. The first kappa shape index (κ1) is 14.9. The molecule has 0 spiro atoms. The molecule has 0 heterocycles. The van der Waals surface area contributed by atoms with E-state index in [0.717, 1.165) is 6.07 Å². The van der Waals surface area contributed by atoms with Crippen molar-refractivity contribution in [1.82, 2.24) is 0 Å². The number of nitrogens with one attached hydrogen (secondary N) is 1. The Morgan fingerprint density at radius 1 is 1.00 bits per heavy atom. The van der Waals surface area contributed by atoms with Crippen LogP contribution in [-0.2, 0) is 0 Å². The summed E-state index contributed by atoms with van der Waals surface area (Å²) in [5.74, 6) is -2.29. The molecule has 0 saturated carbocycles. The zero-order chi connectivity index (χ0) is 15.6. The van der Waals surface area contributed by atoms with E-state index in [-0.39, 0.29) is 28.3 Å². The maximum Gasteiger partial charge on any atom is 0.336 e. The van der Waals surface area contributed by atoms with Crippen LogP contribution in [0.2, 0.25) is 0 Å². The monoisotopic (exact) mass is 351 g/mol. The van der Waals surface area contributed by atoms with E-state index in [9.17, 15) is 19.8 Å². The van der Waals surface area contributed by atoms with Crippen LogP contribution in [0.4, 0.5) is 5.69 Å². The molecule has 7 heteroatoms. The standard InChI is InChI=1S/C14H10BrNO5/c15-11-4-1-7(5-10(11)14(20)21)16-13(19)9-3-2-8(17)6-12(9)18/h1-6,17-18H,(H,16,19)(H,20,21). The quantitative estimate of drug-likeness (QED) is 0.680. The summed E-state index contributed by atoms with van der Waals surface area (Å²) in [5, 5.41) is 30.3. The molecule has 0 atom stereocenters. The van der Waals surface area contributed by atoms with Crippen LogP contribution in [0, 0.1) is 0 Å². The number of carbonyl (C=O) groups excluding carboxylic acids is 1. The van der Waals surface area contributed by atoms with Gasteiger partial charge < -0.3 is 20.6 Å². The lowest BCUT2D eigenvalue weighted by atomic mass is 10.1. The summed E-state index contributed by atoms with van der Waals surface area (Å²) < 4.78 is 0.389. The van der Waals surface area contributed by atoms with E-state index in [1.165, 1.54) is 30.3 Å². The van der Waals surface area contributed by atoms with Crippen molar-refractivity contribution in [2.75, 3.05) is 5.32 Å². The number of aromatic carboxylic acids is 1. The highest BCUT2D eigenvalue weighted by Crippen LogP contribution is 2.25. The molecule has 0 saturated heterocycles. The van der Waals surface area contributed by atoms with Gasteiger partial charge in [-0.25, -0.2) is 4.79 Å². The number of rotatable bonds is 3. The fourth-order valence-corrected chi connectivity index (χ4v) is 2.09. The third-order valence-corrected chi connectivity index (χ3v) is 3.37. The van der Waals surface area contributed by atoms with E-state index < -0.39 is 11.9 Å². The molecule has 2 aromatic rings. The van der Waals surface area contributed by atoms with Crippen LogP contribution in [0.1, 0.15) is 20.7 Å². The molecule has 6 nitrogen and oxygen atoms in total. The number of carbonyl (C=O) groups is 2. The number of anilines is 1. The number of hydrogen-bond acceptors (Lipinski definition) is 4. The van der Waals surface area contributed by atoms with Crippen LogP contribution in [0.5, 0.6) is 11.5 Å². The summed E-state index contributed by atoms with van der Waals surface area (Å²) in [4.78, 5) is 23.0. The van der Waals surface area contributed by atoms with Gasteiger partial charge in [0.15, 0.2) is 0 Å². The Bertz CT molecular complexity index is 729. The topological polar surface area (TPSA) is 107 Å². The Labute approximate surface area is 127 Å². The lowest BCUT2D eigenvalue weighted by molar-refractivity contribution is 0.0695. The Hall–Kier alpha value is -2.54.